The summed E-state index contributed by atoms with van der Waals surface area (Å²) in [6, 6.07) is 15.6. The Bertz CT molecular complexity index is 870. The highest BCUT2D eigenvalue weighted by atomic mass is 16.5. The van der Waals surface area contributed by atoms with Crippen molar-refractivity contribution >= 4 is 16.8 Å². The molecule has 0 saturated heterocycles. The second-order valence-corrected chi connectivity index (χ2v) is 5.92. The van der Waals surface area contributed by atoms with E-state index in [9.17, 15) is 4.79 Å². The van der Waals surface area contributed by atoms with Crippen molar-refractivity contribution in [3.63, 3.8) is 0 Å². The molecule has 0 atom stereocenters. The highest BCUT2D eigenvalue weighted by Crippen LogP contribution is 2.21. The Labute approximate surface area is 146 Å². The van der Waals surface area contributed by atoms with Crippen LogP contribution in [0.5, 0.6) is 5.75 Å². The SMILES string of the molecule is Cn1cc(CC(=O)NCc2ccccc2OCCO)c2ccccc21. The van der Waals surface area contributed by atoms with E-state index in [0.717, 1.165) is 22.0 Å². The Morgan fingerprint density at radius 2 is 1.88 bits per heavy atom. The lowest BCUT2D eigenvalue weighted by Gasteiger charge is -2.11. The van der Waals surface area contributed by atoms with Crippen molar-refractivity contribution in [2.75, 3.05) is 13.2 Å². The monoisotopic (exact) mass is 338 g/mol. The largest absolute Gasteiger partial charge is 0.491 e. The van der Waals surface area contributed by atoms with E-state index in [4.69, 9.17) is 9.84 Å². The maximum absolute atomic E-state index is 12.4. The molecule has 0 aliphatic heterocycles. The molecule has 0 aliphatic carbocycles. The van der Waals surface area contributed by atoms with Gasteiger partial charge in [0.1, 0.15) is 12.4 Å². The van der Waals surface area contributed by atoms with Gasteiger partial charge in [0, 0.05) is 36.3 Å². The summed E-state index contributed by atoms with van der Waals surface area (Å²) in [4.78, 5) is 12.4. The molecule has 0 fully saturated rings. The second kappa shape index (κ2) is 7.85. The number of nitrogens with one attached hydrogen (secondary N) is 1. The summed E-state index contributed by atoms with van der Waals surface area (Å²) < 4.78 is 7.53. The number of amides is 1. The molecular weight excluding hydrogens is 316 g/mol. The Balaban J connectivity index is 1.65. The molecule has 0 unspecified atom stereocenters. The Hall–Kier alpha value is -2.79. The molecule has 2 aromatic carbocycles. The molecule has 0 radical (unpaired) electrons. The minimum Gasteiger partial charge on any atom is -0.491 e. The van der Waals surface area contributed by atoms with Gasteiger partial charge >= 0.3 is 0 Å². The molecule has 3 aromatic rings. The van der Waals surface area contributed by atoms with Gasteiger partial charge in [0.25, 0.3) is 0 Å². The van der Waals surface area contributed by atoms with Gasteiger partial charge in [-0.1, -0.05) is 36.4 Å². The van der Waals surface area contributed by atoms with E-state index in [2.05, 4.69) is 5.32 Å². The van der Waals surface area contributed by atoms with Crippen LogP contribution in [0.2, 0.25) is 0 Å². The van der Waals surface area contributed by atoms with Crippen molar-refractivity contribution < 1.29 is 14.6 Å². The lowest BCUT2D eigenvalue weighted by molar-refractivity contribution is -0.120. The number of rotatable bonds is 7. The molecule has 0 spiro atoms. The first-order valence-corrected chi connectivity index (χ1v) is 8.30. The number of hydrogen-bond donors (Lipinski definition) is 2. The van der Waals surface area contributed by atoms with Gasteiger partial charge in [-0.2, -0.15) is 0 Å². The van der Waals surface area contributed by atoms with Crippen LogP contribution in [-0.2, 0) is 24.8 Å². The van der Waals surface area contributed by atoms with Crippen LogP contribution in [0.15, 0.2) is 54.7 Å². The van der Waals surface area contributed by atoms with Crippen LogP contribution in [0.25, 0.3) is 10.9 Å². The Morgan fingerprint density at radius 1 is 1.12 bits per heavy atom. The highest BCUT2D eigenvalue weighted by Gasteiger charge is 2.11. The first-order valence-electron chi connectivity index (χ1n) is 8.30. The van der Waals surface area contributed by atoms with Crippen LogP contribution in [0.1, 0.15) is 11.1 Å². The van der Waals surface area contributed by atoms with Gasteiger partial charge in [0.05, 0.1) is 13.0 Å². The van der Waals surface area contributed by atoms with Gasteiger partial charge in [-0.3, -0.25) is 4.79 Å². The van der Waals surface area contributed by atoms with Gasteiger partial charge < -0.3 is 19.7 Å². The number of para-hydroxylation sites is 2. The molecule has 1 aromatic heterocycles. The predicted octanol–water partition coefficient (Wildman–Crippen LogP) is 2.41. The maximum Gasteiger partial charge on any atom is 0.224 e. The zero-order chi connectivity index (χ0) is 17.6. The minimum atomic E-state index is -0.0399. The average molecular weight is 338 g/mol. The van der Waals surface area contributed by atoms with E-state index in [1.165, 1.54) is 0 Å². The number of aryl methyl sites for hydroxylation is 1. The standard InChI is InChI=1S/C20H22N2O3/c1-22-14-16(17-7-3-4-8-18(17)22)12-20(24)21-13-15-6-2-5-9-19(15)25-11-10-23/h2-9,14,23H,10-13H2,1H3,(H,21,24). The Kier molecular flexibility index (Phi) is 5.36. The van der Waals surface area contributed by atoms with Crippen molar-refractivity contribution in [1.82, 2.24) is 9.88 Å². The van der Waals surface area contributed by atoms with Crippen LogP contribution < -0.4 is 10.1 Å². The molecular formula is C20H22N2O3. The number of aliphatic hydroxyl groups is 1. The van der Waals surface area contributed by atoms with Crippen molar-refractivity contribution in [2.45, 2.75) is 13.0 Å². The molecule has 1 heterocycles. The molecule has 5 heteroatoms. The number of nitrogens with zero attached hydrogens (tertiary/aromatic N) is 1. The smallest absolute Gasteiger partial charge is 0.224 e. The van der Waals surface area contributed by atoms with Crippen LogP contribution in [-0.4, -0.2) is 28.8 Å². The summed E-state index contributed by atoms with van der Waals surface area (Å²) in [5.74, 6) is 0.648. The topological polar surface area (TPSA) is 63.5 Å². The molecule has 0 saturated carbocycles. The lowest BCUT2D eigenvalue weighted by atomic mass is 10.1. The molecule has 1 amide bonds. The number of aliphatic hydroxyl groups excluding tert-OH is 1. The number of ether oxygens (including phenoxy) is 1. The molecule has 0 bridgehead atoms. The lowest BCUT2D eigenvalue weighted by Crippen LogP contribution is -2.24. The third kappa shape index (κ3) is 4.00. The molecule has 25 heavy (non-hydrogen) atoms. The first kappa shape index (κ1) is 17.0. The molecule has 2 N–H and O–H groups in total. The van der Waals surface area contributed by atoms with Gasteiger partial charge in [-0.15, -0.1) is 0 Å². The van der Waals surface area contributed by atoms with Crippen LogP contribution in [0.3, 0.4) is 0 Å². The first-order chi connectivity index (χ1) is 12.2. The third-order valence-electron chi connectivity index (χ3n) is 4.13. The van der Waals surface area contributed by atoms with Crippen LogP contribution in [0, 0.1) is 0 Å². The van der Waals surface area contributed by atoms with Crippen molar-refractivity contribution in [1.29, 1.82) is 0 Å². The average Bonchev–Trinajstić information content (AvgIpc) is 2.95. The van der Waals surface area contributed by atoms with Gasteiger partial charge in [-0.25, -0.2) is 0 Å². The zero-order valence-electron chi connectivity index (χ0n) is 14.2. The van der Waals surface area contributed by atoms with Crippen molar-refractivity contribution in [3.05, 3.63) is 65.9 Å². The molecule has 3 rings (SSSR count). The number of benzene rings is 2. The van der Waals surface area contributed by atoms with E-state index >= 15 is 0 Å². The maximum atomic E-state index is 12.4. The number of hydrogen-bond acceptors (Lipinski definition) is 3. The summed E-state index contributed by atoms with van der Waals surface area (Å²) in [5.41, 5.74) is 3.02. The van der Waals surface area contributed by atoms with E-state index in [0.29, 0.717) is 18.7 Å². The number of carbonyl (C=O) groups is 1. The van der Waals surface area contributed by atoms with E-state index in [1.54, 1.807) is 0 Å². The quantitative estimate of drug-likeness (QED) is 0.695. The van der Waals surface area contributed by atoms with Crippen molar-refractivity contribution in [2.24, 2.45) is 7.05 Å². The normalized spacial score (nSPS) is 10.8. The third-order valence-corrected chi connectivity index (χ3v) is 4.13. The Morgan fingerprint density at radius 3 is 2.72 bits per heavy atom. The van der Waals surface area contributed by atoms with E-state index in [1.807, 2.05) is 66.3 Å². The van der Waals surface area contributed by atoms with Crippen LogP contribution in [0.4, 0.5) is 0 Å². The van der Waals surface area contributed by atoms with Gasteiger partial charge in [0.2, 0.25) is 5.91 Å². The fourth-order valence-electron chi connectivity index (χ4n) is 2.94. The summed E-state index contributed by atoms with van der Waals surface area (Å²) >= 11 is 0. The number of carbonyl (C=O) groups excluding carboxylic acids is 1. The van der Waals surface area contributed by atoms with Crippen LogP contribution >= 0.6 is 0 Å². The van der Waals surface area contributed by atoms with Crippen molar-refractivity contribution in [3.8, 4) is 5.75 Å². The molecule has 5 nitrogen and oxygen atoms in total. The number of aromatic nitrogens is 1. The molecule has 130 valence electrons. The zero-order valence-corrected chi connectivity index (χ0v) is 14.2. The number of fused-ring (bicyclic) bond motifs is 1. The highest BCUT2D eigenvalue weighted by molar-refractivity contribution is 5.89. The van der Waals surface area contributed by atoms with Gasteiger partial charge in [0.15, 0.2) is 0 Å². The molecule has 0 aliphatic rings. The summed E-state index contributed by atoms with van der Waals surface area (Å²) in [6.07, 6.45) is 2.34. The second-order valence-electron chi connectivity index (χ2n) is 5.92. The fourth-order valence-corrected chi connectivity index (χ4v) is 2.94. The summed E-state index contributed by atoms with van der Waals surface area (Å²) in [5, 5.41) is 12.9. The minimum absolute atomic E-state index is 0.0340. The summed E-state index contributed by atoms with van der Waals surface area (Å²) in [7, 11) is 1.98. The van der Waals surface area contributed by atoms with E-state index < -0.39 is 0 Å². The van der Waals surface area contributed by atoms with Gasteiger partial charge in [-0.05, 0) is 17.7 Å². The fraction of sp³-hybridized carbons (Fsp3) is 0.250. The van der Waals surface area contributed by atoms with E-state index in [-0.39, 0.29) is 19.1 Å². The summed E-state index contributed by atoms with van der Waals surface area (Å²) in [6.45, 7) is 0.591. The predicted molar refractivity (Wildman–Crippen MR) is 97.5 cm³/mol.